The molecule has 30 heavy (non-hydrogen) atoms. The van der Waals surface area contributed by atoms with Crippen molar-refractivity contribution in [1.29, 1.82) is 0 Å². The maximum Gasteiger partial charge on any atom is 0.294 e. The highest BCUT2D eigenvalue weighted by atomic mass is 17.0. The molecule has 24 nitrogen and oxygen atoms in total. The van der Waals surface area contributed by atoms with Crippen LogP contribution in [0.5, 0.6) is 0 Å². The summed E-state index contributed by atoms with van der Waals surface area (Å²) in [4.78, 5) is 86.0. The summed E-state index contributed by atoms with van der Waals surface area (Å²) in [5.74, 6) is 0. The van der Waals surface area contributed by atoms with E-state index in [1.807, 2.05) is 0 Å². The van der Waals surface area contributed by atoms with Gasteiger partial charge in [0, 0.05) is 0 Å². The standard InChI is InChI=1S/C6H8N6O18/c13-7(14)25-1-3(27-9(17)18)5(29-11(21)22)6(30-12(23)24)4(28-10(19)20)2-26-8(15)16/h3-6H,1-2H2/t3-,4+,5+,6-. The third-order valence-corrected chi connectivity index (χ3v) is 2.60. The second kappa shape index (κ2) is 11.8. The molecule has 0 spiro atoms. The Balaban J connectivity index is 6.19. The molecule has 0 bridgehead atoms. The van der Waals surface area contributed by atoms with E-state index in [0.717, 1.165) is 0 Å². The van der Waals surface area contributed by atoms with Crippen LogP contribution in [0.2, 0.25) is 0 Å². The van der Waals surface area contributed by atoms with E-state index in [-0.39, 0.29) is 0 Å². The van der Waals surface area contributed by atoms with Crippen molar-refractivity contribution in [2.75, 3.05) is 13.2 Å². The summed E-state index contributed by atoms with van der Waals surface area (Å²) in [7, 11) is 0. The lowest BCUT2D eigenvalue weighted by molar-refractivity contribution is -0.834. The van der Waals surface area contributed by atoms with Crippen molar-refractivity contribution < 1.29 is 59.5 Å². The summed E-state index contributed by atoms with van der Waals surface area (Å²) in [5, 5.41) is 53.1. The SMILES string of the molecule is O=[N+]([O-])OC[C@H](O[N+](=O)[O-])[C@@H](O[N+](=O)[O-])[C@@H](O[N+](=O)[O-])[C@@H](CO[N+](=O)[O-])O[N+](=O)[O-]. The third kappa shape index (κ3) is 10.4. The Labute approximate surface area is 159 Å². The zero-order chi connectivity index (χ0) is 23.4. The van der Waals surface area contributed by atoms with Gasteiger partial charge < -0.3 is 29.0 Å². The van der Waals surface area contributed by atoms with Gasteiger partial charge in [-0.25, -0.2) is 0 Å². The molecule has 0 radical (unpaired) electrons. The lowest BCUT2D eigenvalue weighted by Gasteiger charge is -2.31. The smallest absolute Gasteiger partial charge is 0.294 e. The summed E-state index contributed by atoms with van der Waals surface area (Å²) in [6.45, 7) is -3.10. The Morgan fingerprint density at radius 3 is 0.933 bits per heavy atom. The van der Waals surface area contributed by atoms with Crippen LogP contribution in [-0.4, -0.2) is 68.1 Å². The van der Waals surface area contributed by atoms with Crippen LogP contribution in [0.1, 0.15) is 0 Å². The van der Waals surface area contributed by atoms with E-state index >= 15 is 0 Å². The van der Waals surface area contributed by atoms with E-state index in [1.54, 1.807) is 0 Å². The van der Waals surface area contributed by atoms with Crippen LogP contribution < -0.4 is 0 Å². The summed E-state index contributed by atoms with van der Waals surface area (Å²) in [5.41, 5.74) is 0. The second-order valence-corrected chi connectivity index (χ2v) is 4.36. The first-order chi connectivity index (χ1) is 13.8. The van der Waals surface area contributed by atoms with Gasteiger partial charge in [0.05, 0.1) is 0 Å². The fourth-order valence-corrected chi connectivity index (χ4v) is 1.74. The minimum Gasteiger partial charge on any atom is -0.311 e. The predicted octanol–water partition coefficient (Wildman–Crippen LogP) is -2.29. The lowest BCUT2D eigenvalue weighted by atomic mass is 10.0. The minimum absolute atomic E-state index is 1.55. The van der Waals surface area contributed by atoms with E-state index in [1.165, 1.54) is 0 Å². The molecule has 0 aliphatic carbocycles. The molecule has 0 aromatic heterocycles. The molecule has 0 amide bonds. The first-order valence-electron chi connectivity index (χ1n) is 6.62. The summed E-state index contributed by atoms with van der Waals surface area (Å²) >= 11 is 0. The van der Waals surface area contributed by atoms with Crippen LogP contribution in [-0.2, 0) is 29.0 Å². The molecule has 0 unspecified atom stereocenters. The summed E-state index contributed by atoms with van der Waals surface area (Å²) < 4.78 is 0. The molecule has 0 saturated carbocycles. The second-order valence-electron chi connectivity index (χ2n) is 4.36. The van der Waals surface area contributed by atoms with Crippen molar-refractivity contribution in [2.24, 2.45) is 0 Å². The highest BCUT2D eigenvalue weighted by molar-refractivity contribution is 4.83. The van der Waals surface area contributed by atoms with Crippen molar-refractivity contribution in [2.45, 2.75) is 24.4 Å². The molecular formula is C6H8N6O18. The molecule has 0 aromatic carbocycles. The van der Waals surface area contributed by atoms with Gasteiger partial charge in [-0.3, -0.25) is 0 Å². The van der Waals surface area contributed by atoms with Gasteiger partial charge in [-0.1, -0.05) is 0 Å². The molecule has 0 rings (SSSR count). The quantitative estimate of drug-likeness (QED) is 0.165. The van der Waals surface area contributed by atoms with Crippen molar-refractivity contribution >= 4 is 0 Å². The Hall–Kier alpha value is -4.80. The maximum absolute atomic E-state index is 10.7. The van der Waals surface area contributed by atoms with Crippen LogP contribution in [0.25, 0.3) is 0 Å². The van der Waals surface area contributed by atoms with Gasteiger partial charge in [0.1, 0.15) is 13.2 Å². The average Bonchev–Trinajstić information content (AvgIpc) is 2.57. The van der Waals surface area contributed by atoms with Crippen LogP contribution in [0.15, 0.2) is 0 Å². The van der Waals surface area contributed by atoms with Crippen LogP contribution in [0, 0.1) is 60.7 Å². The van der Waals surface area contributed by atoms with Gasteiger partial charge in [0.15, 0.2) is 24.4 Å². The van der Waals surface area contributed by atoms with Crippen LogP contribution >= 0.6 is 0 Å². The molecule has 24 heteroatoms. The number of hydrogen-bond acceptors (Lipinski definition) is 18. The number of hydrogen-bond donors (Lipinski definition) is 0. The fraction of sp³-hybridized carbons (Fsp3) is 1.00. The van der Waals surface area contributed by atoms with Crippen molar-refractivity contribution in [1.82, 2.24) is 0 Å². The largest absolute Gasteiger partial charge is 0.311 e. The van der Waals surface area contributed by atoms with Gasteiger partial charge in [-0.15, -0.1) is 60.7 Å². The number of nitrogens with zero attached hydrogens (tertiary/aromatic N) is 6. The van der Waals surface area contributed by atoms with Crippen molar-refractivity contribution in [3.05, 3.63) is 60.7 Å². The minimum atomic E-state index is -2.78. The highest BCUT2D eigenvalue weighted by Gasteiger charge is 2.45. The zero-order valence-corrected chi connectivity index (χ0v) is 13.8. The van der Waals surface area contributed by atoms with E-state index in [9.17, 15) is 60.7 Å². The molecule has 0 aliphatic rings. The normalized spacial score (nSPS) is 14.0. The van der Waals surface area contributed by atoms with E-state index < -0.39 is 68.1 Å². The van der Waals surface area contributed by atoms with E-state index in [0.29, 0.717) is 0 Å². The molecule has 0 aliphatic heterocycles. The summed E-state index contributed by atoms with van der Waals surface area (Å²) in [6.07, 6.45) is -10.7. The Bertz CT molecular complexity index is 612. The molecule has 0 aromatic rings. The predicted molar refractivity (Wildman–Crippen MR) is 73.4 cm³/mol. The zero-order valence-electron chi connectivity index (χ0n) is 13.8. The topological polar surface area (TPSA) is 314 Å². The van der Waals surface area contributed by atoms with Gasteiger partial charge in [-0.2, -0.15) is 0 Å². The maximum atomic E-state index is 10.7. The first kappa shape index (κ1) is 25.2. The van der Waals surface area contributed by atoms with Gasteiger partial charge >= 0.3 is 0 Å². The molecule has 0 heterocycles. The lowest BCUT2D eigenvalue weighted by Crippen LogP contribution is -2.54. The van der Waals surface area contributed by atoms with Crippen molar-refractivity contribution in [3.63, 3.8) is 0 Å². The fourth-order valence-electron chi connectivity index (χ4n) is 1.74. The molecule has 4 atom stereocenters. The molecule has 0 fully saturated rings. The van der Waals surface area contributed by atoms with Crippen molar-refractivity contribution in [3.8, 4) is 0 Å². The average molecular weight is 452 g/mol. The van der Waals surface area contributed by atoms with Gasteiger partial charge in [0.2, 0.25) is 0 Å². The first-order valence-corrected chi connectivity index (χ1v) is 6.62. The third-order valence-electron chi connectivity index (χ3n) is 2.60. The molecule has 0 N–H and O–H groups in total. The monoisotopic (exact) mass is 452 g/mol. The number of rotatable bonds is 17. The molecule has 170 valence electrons. The van der Waals surface area contributed by atoms with Gasteiger partial charge in [-0.05, 0) is 0 Å². The Kier molecular flexibility index (Phi) is 9.93. The summed E-state index contributed by atoms with van der Waals surface area (Å²) in [6, 6.07) is 0. The Morgan fingerprint density at radius 2 is 0.733 bits per heavy atom. The van der Waals surface area contributed by atoms with Crippen LogP contribution in [0.4, 0.5) is 0 Å². The molecular weight excluding hydrogens is 444 g/mol. The van der Waals surface area contributed by atoms with Gasteiger partial charge in [0.25, 0.3) is 30.5 Å². The Morgan fingerprint density at radius 1 is 0.467 bits per heavy atom. The van der Waals surface area contributed by atoms with E-state index in [4.69, 9.17) is 0 Å². The van der Waals surface area contributed by atoms with E-state index in [2.05, 4.69) is 29.0 Å². The highest BCUT2D eigenvalue weighted by Crippen LogP contribution is 2.20. The molecule has 0 saturated heterocycles. The van der Waals surface area contributed by atoms with Crippen LogP contribution in [0.3, 0.4) is 0 Å².